The summed E-state index contributed by atoms with van der Waals surface area (Å²) >= 11 is 0. The molecular formula is C18H12F4N2O2. The molecule has 134 valence electrons. The lowest BCUT2D eigenvalue weighted by molar-refractivity contribution is -0.123. The molecule has 2 rings (SSSR count). The van der Waals surface area contributed by atoms with E-state index >= 15 is 0 Å². The summed E-state index contributed by atoms with van der Waals surface area (Å²) in [7, 11) is 0. The van der Waals surface area contributed by atoms with Crippen LogP contribution >= 0.6 is 0 Å². The molecule has 2 N–H and O–H groups in total. The monoisotopic (exact) mass is 364 g/mol. The maximum Gasteiger partial charge on any atom is 0.262 e. The SMILES string of the molecule is O=C(/C=C/c1cc(F)cc(F)c1)NNC(=O)/C=C/c1cc(F)cc(F)c1. The number of benzene rings is 2. The number of carbonyl (C=O) groups is 2. The maximum atomic E-state index is 13.0. The molecule has 2 aromatic rings. The zero-order chi connectivity index (χ0) is 19.1. The van der Waals surface area contributed by atoms with Gasteiger partial charge in [-0.25, -0.2) is 17.6 Å². The van der Waals surface area contributed by atoms with Gasteiger partial charge in [-0.05, 0) is 47.5 Å². The summed E-state index contributed by atoms with van der Waals surface area (Å²) < 4.78 is 52.0. The van der Waals surface area contributed by atoms with Crippen molar-refractivity contribution in [3.8, 4) is 0 Å². The summed E-state index contributed by atoms with van der Waals surface area (Å²) in [6.45, 7) is 0. The predicted octanol–water partition coefficient (Wildman–Crippen LogP) is 3.12. The number of halogens is 4. The van der Waals surface area contributed by atoms with E-state index in [0.29, 0.717) is 12.1 Å². The highest BCUT2D eigenvalue weighted by atomic mass is 19.1. The van der Waals surface area contributed by atoms with Crippen LogP contribution in [0.25, 0.3) is 12.2 Å². The molecule has 0 bridgehead atoms. The van der Waals surface area contributed by atoms with E-state index in [1.54, 1.807) is 0 Å². The van der Waals surface area contributed by atoms with Crippen LogP contribution in [0.4, 0.5) is 17.6 Å². The van der Waals surface area contributed by atoms with Crippen LogP contribution in [0, 0.1) is 23.3 Å². The Morgan fingerprint density at radius 3 is 1.23 bits per heavy atom. The van der Waals surface area contributed by atoms with Crippen molar-refractivity contribution in [3.05, 3.63) is 82.9 Å². The summed E-state index contributed by atoms with van der Waals surface area (Å²) in [6.07, 6.45) is 4.22. The highest BCUT2D eigenvalue weighted by molar-refractivity contribution is 5.96. The zero-order valence-corrected chi connectivity index (χ0v) is 13.1. The summed E-state index contributed by atoms with van der Waals surface area (Å²) in [6, 6.07) is 5.46. The lowest BCUT2D eigenvalue weighted by Gasteiger charge is -2.02. The minimum Gasteiger partial charge on any atom is -0.268 e. The molecule has 0 aliphatic heterocycles. The van der Waals surface area contributed by atoms with Crippen LogP contribution in [0.2, 0.25) is 0 Å². The van der Waals surface area contributed by atoms with E-state index in [4.69, 9.17) is 0 Å². The van der Waals surface area contributed by atoms with Crippen molar-refractivity contribution in [1.82, 2.24) is 10.9 Å². The van der Waals surface area contributed by atoms with Gasteiger partial charge in [-0.1, -0.05) is 0 Å². The highest BCUT2D eigenvalue weighted by Gasteiger charge is 2.02. The fourth-order valence-corrected chi connectivity index (χ4v) is 1.89. The lowest BCUT2D eigenvalue weighted by atomic mass is 10.2. The molecule has 0 saturated carbocycles. The van der Waals surface area contributed by atoms with Crippen LogP contribution in [0.15, 0.2) is 48.6 Å². The molecule has 8 heteroatoms. The molecule has 0 heterocycles. The number of amides is 2. The molecule has 0 fully saturated rings. The number of nitrogens with one attached hydrogen (secondary N) is 2. The van der Waals surface area contributed by atoms with Crippen molar-refractivity contribution in [3.63, 3.8) is 0 Å². The van der Waals surface area contributed by atoms with Gasteiger partial charge >= 0.3 is 0 Å². The summed E-state index contributed by atoms with van der Waals surface area (Å²) in [5, 5.41) is 0. The third-order valence-corrected chi connectivity index (χ3v) is 2.93. The number of hydrogen-bond donors (Lipinski definition) is 2. The van der Waals surface area contributed by atoms with Crippen molar-refractivity contribution in [2.75, 3.05) is 0 Å². The van der Waals surface area contributed by atoms with Crippen LogP contribution in [-0.2, 0) is 9.59 Å². The van der Waals surface area contributed by atoms with Crippen LogP contribution in [0.1, 0.15) is 11.1 Å². The Kier molecular flexibility index (Phi) is 6.26. The van der Waals surface area contributed by atoms with Gasteiger partial charge in [-0.2, -0.15) is 0 Å². The van der Waals surface area contributed by atoms with Crippen LogP contribution < -0.4 is 10.9 Å². The Morgan fingerprint density at radius 2 is 0.923 bits per heavy atom. The minimum absolute atomic E-state index is 0.122. The van der Waals surface area contributed by atoms with E-state index in [-0.39, 0.29) is 11.1 Å². The quantitative estimate of drug-likeness (QED) is 0.498. The molecule has 0 saturated heterocycles. The number of carbonyl (C=O) groups excluding carboxylic acids is 2. The molecule has 2 aromatic carbocycles. The predicted molar refractivity (Wildman–Crippen MR) is 87.1 cm³/mol. The van der Waals surface area contributed by atoms with Gasteiger partial charge in [-0.3, -0.25) is 20.4 Å². The van der Waals surface area contributed by atoms with Crippen molar-refractivity contribution in [1.29, 1.82) is 0 Å². The third-order valence-electron chi connectivity index (χ3n) is 2.93. The van der Waals surface area contributed by atoms with Crippen molar-refractivity contribution < 1.29 is 27.2 Å². The van der Waals surface area contributed by atoms with E-state index in [2.05, 4.69) is 0 Å². The van der Waals surface area contributed by atoms with Crippen molar-refractivity contribution >= 4 is 24.0 Å². The van der Waals surface area contributed by atoms with Gasteiger partial charge in [-0.15, -0.1) is 0 Å². The first kappa shape index (κ1) is 18.9. The Hall–Kier alpha value is -3.42. The first-order chi connectivity index (χ1) is 12.3. The fourth-order valence-electron chi connectivity index (χ4n) is 1.89. The van der Waals surface area contributed by atoms with E-state index < -0.39 is 35.1 Å². The van der Waals surface area contributed by atoms with Gasteiger partial charge in [0.2, 0.25) is 0 Å². The molecule has 26 heavy (non-hydrogen) atoms. The van der Waals surface area contributed by atoms with Gasteiger partial charge in [0.05, 0.1) is 0 Å². The Bertz CT molecular complexity index is 781. The van der Waals surface area contributed by atoms with Crippen molar-refractivity contribution in [2.24, 2.45) is 0 Å². The van der Waals surface area contributed by atoms with Gasteiger partial charge in [0.1, 0.15) is 23.3 Å². The van der Waals surface area contributed by atoms with Gasteiger partial charge < -0.3 is 0 Å². The summed E-state index contributed by atoms with van der Waals surface area (Å²) in [5.41, 5.74) is 4.30. The van der Waals surface area contributed by atoms with Gasteiger partial charge in [0.25, 0.3) is 11.8 Å². The van der Waals surface area contributed by atoms with Gasteiger partial charge in [0, 0.05) is 24.3 Å². The molecule has 2 amide bonds. The first-order valence-electron chi connectivity index (χ1n) is 7.20. The van der Waals surface area contributed by atoms with E-state index in [1.165, 1.54) is 0 Å². The molecule has 0 aromatic heterocycles. The normalized spacial score (nSPS) is 11.1. The maximum absolute atomic E-state index is 13.0. The Balaban J connectivity index is 1.87. The second-order valence-corrected chi connectivity index (χ2v) is 5.05. The molecule has 0 unspecified atom stereocenters. The molecule has 0 atom stereocenters. The molecule has 0 aliphatic carbocycles. The average Bonchev–Trinajstić information content (AvgIpc) is 2.54. The average molecular weight is 364 g/mol. The summed E-state index contributed by atoms with van der Waals surface area (Å²) in [5.74, 6) is -4.69. The molecule has 0 aliphatic rings. The Morgan fingerprint density at radius 1 is 0.615 bits per heavy atom. The molecular weight excluding hydrogens is 352 g/mol. The third kappa shape index (κ3) is 6.23. The molecule has 0 radical (unpaired) electrons. The van der Waals surface area contributed by atoms with Crippen LogP contribution in [0.3, 0.4) is 0 Å². The number of hydrogen-bond acceptors (Lipinski definition) is 2. The van der Waals surface area contributed by atoms with Crippen LogP contribution in [0.5, 0.6) is 0 Å². The van der Waals surface area contributed by atoms with Crippen molar-refractivity contribution in [2.45, 2.75) is 0 Å². The molecule has 0 spiro atoms. The molecule has 4 nitrogen and oxygen atoms in total. The lowest BCUT2D eigenvalue weighted by Crippen LogP contribution is -2.39. The summed E-state index contributed by atoms with van der Waals surface area (Å²) in [4.78, 5) is 23.1. The van der Waals surface area contributed by atoms with E-state index in [9.17, 15) is 27.2 Å². The minimum atomic E-state index is -0.794. The standard InChI is InChI=1S/C18H12F4N2O2/c19-13-5-11(6-14(20)9-13)1-3-17(25)23-24-18(26)4-2-12-7-15(21)10-16(22)8-12/h1-10H,(H,23,25)(H,24,26)/b3-1+,4-2+. The number of rotatable bonds is 4. The highest BCUT2D eigenvalue weighted by Crippen LogP contribution is 2.10. The largest absolute Gasteiger partial charge is 0.268 e. The number of hydrazine groups is 1. The van der Waals surface area contributed by atoms with E-state index in [0.717, 1.165) is 48.6 Å². The smallest absolute Gasteiger partial charge is 0.262 e. The van der Waals surface area contributed by atoms with E-state index in [1.807, 2.05) is 10.9 Å². The topological polar surface area (TPSA) is 58.2 Å². The van der Waals surface area contributed by atoms with Gasteiger partial charge in [0.15, 0.2) is 0 Å². The van der Waals surface area contributed by atoms with Crippen LogP contribution in [-0.4, -0.2) is 11.8 Å². The zero-order valence-electron chi connectivity index (χ0n) is 13.1. The second-order valence-electron chi connectivity index (χ2n) is 5.05. The first-order valence-corrected chi connectivity index (χ1v) is 7.20. The second kappa shape index (κ2) is 8.61. The Labute approximate surface area is 145 Å². The fraction of sp³-hybridized carbons (Fsp3) is 0.